The molecule has 3 rings (SSSR count). The first-order chi connectivity index (χ1) is 11.2. The molecule has 130 valence electrons. The van der Waals surface area contributed by atoms with Crippen molar-refractivity contribution in [2.75, 3.05) is 19.7 Å². The summed E-state index contributed by atoms with van der Waals surface area (Å²) in [6.45, 7) is 1.34. The van der Waals surface area contributed by atoms with Crippen molar-refractivity contribution in [3.63, 3.8) is 0 Å². The maximum atomic E-state index is 12.5. The second-order valence-electron chi connectivity index (χ2n) is 7.01. The standard InChI is InChI=1S/C17H29N3O3/c21-16(12-18-17(22)19-13-6-2-1-3-7-13)20-10-11-23-15-9-5-4-8-14(15)20/h13-15H,1-12H2,(H2,18,19,22)/t14-,15+/m0/s1. The highest BCUT2D eigenvalue weighted by Crippen LogP contribution is 2.28. The molecule has 2 N–H and O–H groups in total. The van der Waals surface area contributed by atoms with Crippen molar-refractivity contribution >= 4 is 11.9 Å². The number of morpholine rings is 1. The second kappa shape index (κ2) is 7.99. The molecular weight excluding hydrogens is 294 g/mol. The van der Waals surface area contributed by atoms with E-state index < -0.39 is 0 Å². The molecule has 0 aromatic heterocycles. The third-order valence-electron chi connectivity index (χ3n) is 5.39. The largest absolute Gasteiger partial charge is 0.374 e. The Kier molecular flexibility index (Phi) is 5.75. The Morgan fingerprint density at radius 2 is 1.74 bits per heavy atom. The van der Waals surface area contributed by atoms with Gasteiger partial charge in [-0.25, -0.2) is 4.79 Å². The fourth-order valence-electron chi connectivity index (χ4n) is 4.15. The Balaban J connectivity index is 1.43. The van der Waals surface area contributed by atoms with Crippen molar-refractivity contribution in [3.8, 4) is 0 Å². The molecule has 1 saturated heterocycles. The number of ether oxygens (including phenoxy) is 1. The van der Waals surface area contributed by atoms with Gasteiger partial charge >= 0.3 is 6.03 Å². The highest BCUT2D eigenvalue weighted by atomic mass is 16.5. The Morgan fingerprint density at radius 3 is 2.57 bits per heavy atom. The third kappa shape index (κ3) is 4.37. The number of fused-ring (bicyclic) bond motifs is 1. The lowest BCUT2D eigenvalue weighted by atomic mass is 9.90. The van der Waals surface area contributed by atoms with Crippen molar-refractivity contribution in [2.45, 2.75) is 76.0 Å². The van der Waals surface area contributed by atoms with Gasteiger partial charge in [0.25, 0.3) is 0 Å². The van der Waals surface area contributed by atoms with E-state index in [2.05, 4.69) is 10.6 Å². The van der Waals surface area contributed by atoms with Gasteiger partial charge in [0.1, 0.15) is 0 Å². The predicted molar refractivity (Wildman–Crippen MR) is 87.1 cm³/mol. The topological polar surface area (TPSA) is 70.7 Å². The fraction of sp³-hybridized carbons (Fsp3) is 0.882. The summed E-state index contributed by atoms with van der Waals surface area (Å²) in [5.41, 5.74) is 0. The molecule has 1 aliphatic heterocycles. The van der Waals surface area contributed by atoms with Crippen molar-refractivity contribution in [2.24, 2.45) is 0 Å². The summed E-state index contributed by atoms with van der Waals surface area (Å²) in [6.07, 6.45) is 10.3. The Labute approximate surface area is 138 Å². The van der Waals surface area contributed by atoms with E-state index in [-0.39, 0.29) is 36.7 Å². The first-order valence-electron chi connectivity index (χ1n) is 9.19. The molecule has 3 fully saturated rings. The van der Waals surface area contributed by atoms with E-state index in [1.165, 1.54) is 25.7 Å². The van der Waals surface area contributed by atoms with Crippen LogP contribution in [0.15, 0.2) is 0 Å². The van der Waals surface area contributed by atoms with Crippen molar-refractivity contribution < 1.29 is 14.3 Å². The molecule has 0 radical (unpaired) electrons. The van der Waals surface area contributed by atoms with Crippen LogP contribution in [0.1, 0.15) is 57.8 Å². The Bertz CT molecular complexity index is 421. The number of nitrogens with one attached hydrogen (secondary N) is 2. The molecule has 3 amide bonds. The Hall–Kier alpha value is -1.30. The SMILES string of the molecule is O=C(NCC(=O)N1CCO[C@@H]2CCCC[C@@H]21)NC1CCCCC1. The summed E-state index contributed by atoms with van der Waals surface area (Å²) < 4.78 is 5.79. The number of nitrogens with zero attached hydrogens (tertiary/aromatic N) is 1. The van der Waals surface area contributed by atoms with E-state index in [4.69, 9.17) is 4.74 Å². The summed E-state index contributed by atoms with van der Waals surface area (Å²) in [6, 6.07) is 0.261. The van der Waals surface area contributed by atoms with E-state index in [9.17, 15) is 9.59 Å². The minimum atomic E-state index is -0.210. The maximum absolute atomic E-state index is 12.5. The van der Waals surface area contributed by atoms with E-state index >= 15 is 0 Å². The second-order valence-corrected chi connectivity index (χ2v) is 7.01. The zero-order chi connectivity index (χ0) is 16.1. The van der Waals surface area contributed by atoms with Crippen LogP contribution in [0.25, 0.3) is 0 Å². The minimum Gasteiger partial charge on any atom is -0.374 e. The summed E-state index contributed by atoms with van der Waals surface area (Å²) >= 11 is 0. The van der Waals surface area contributed by atoms with Gasteiger partial charge in [-0.05, 0) is 25.7 Å². The number of hydrogen-bond donors (Lipinski definition) is 2. The zero-order valence-electron chi connectivity index (χ0n) is 13.9. The molecule has 0 spiro atoms. The van der Waals surface area contributed by atoms with Crippen LogP contribution in [0.5, 0.6) is 0 Å². The maximum Gasteiger partial charge on any atom is 0.315 e. The molecule has 0 aromatic carbocycles. The lowest BCUT2D eigenvalue weighted by Gasteiger charge is -2.43. The monoisotopic (exact) mass is 323 g/mol. The van der Waals surface area contributed by atoms with Gasteiger partial charge in [0, 0.05) is 12.6 Å². The molecular formula is C17H29N3O3. The fourth-order valence-corrected chi connectivity index (χ4v) is 4.15. The molecule has 23 heavy (non-hydrogen) atoms. The highest BCUT2D eigenvalue weighted by Gasteiger charge is 2.36. The van der Waals surface area contributed by atoms with Crippen molar-refractivity contribution in [1.29, 1.82) is 0 Å². The number of urea groups is 1. The summed E-state index contributed by atoms with van der Waals surface area (Å²) in [4.78, 5) is 26.4. The number of rotatable bonds is 3. The number of hydrogen-bond acceptors (Lipinski definition) is 3. The average Bonchev–Trinajstić information content (AvgIpc) is 2.60. The van der Waals surface area contributed by atoms with Crippen LogP contribution in [0, 0.1) is 0 Å². The van der Waals surface area contributed by atoms with Gasteiger partial charge in [-0.1, -0.05) is 32.1 Å². The first kappa shape index (κ1) is 16.6. The van der Waals surface area contributed by atoms with E-state index in [0.717, 1.165) is 32.1 Å². The normalized spacial score (nSPS) is 28.8. The predicted octanol–water partition coefficient (Wildman–Crippen LogP) is 1.79. The van der Waals surface area contributed by atoms with Crippen LogP contribution >= 0.6 is 0 Å². The van der Waals surface area contributed by atoms with Crippen LogP contribution in [0.2, 0.25) is 0 Å². The number of amides is 3. The van der Waals surface area contributed by atoms with Gasteiger partial charge in [0.05, 0.1) is 25.3 Å². The number of carbonyl (C=O) groups is 2. The van der Waals surface area contributed by atoms with Gasteiger partial charge in [0.15, 0.2) is 0 Å². The van der Waals surface area contributed by atoms with Gasteiger partial charge in [0.2, 0.25) is 5.91 Å². The van der Waals surface area contributed by atoms with Gasteiger partial charge < -0.3 is 20.3 Å². The van der Waals surface area contributed by atoms with Crippen LogP contribution in [-0.2, 0) is 9.53 Å². The third-order valence-corrected chi connectivity index (χ3v) is 5.39. The molecule has 2 atom stereocenters. The molecule has 6 heteroatoms. The van der Waals surface area contributed by atoms with Crippen LogP contribution in [-0.4, -0.2) is 54.7 Å². The van der Waals surface area contributed by atoms with Crippen LogP contribution in [0.3, 0.4) is 0 Å². The minimum absolute atomic E-state index is 0.0176. The molecule has 2 saturated carbocycles. The van der Waals surface area contributed by atoms with E-state index in [1.807, 2.05) is 4.90 Å². The molecule has 3 aliphatic rings. The number of carbonyl (C=O) groups excluding carboxylic acids is 2. The smallest absolute Gasteiger partial charge is 0.315 e. The van der Waals surface area contributed by atoms with Gasteiger partial charge in [-0.15, -0.1) is 0 Å². The summed E-state index contributed by atoms with van der Waals surface area (Å²) in [5.74, 6) is 0.0176. The van der Waals surface area contributed by atoms with E-state index in [1.54, 1.807) is 0 Å². The van der Waals surface area contributed by atoms with Gasteiger partial charge in [-0.2, -0.15) is 0 Å². The van der Waals surface area contributed by atoms with E-state index in [0.29, 0.717) is 13.2 Å². The average molecular weight is 323 g/mol. The summed E-state index contributed by atoms with van der Waals surface area (Å²) in [5, 5.41) is 5.73. The molecule has 2 aliphatic carbocycles. The molecule has 6 nitrogen and oxygen atoms in total. The zero-order valence-corrected chi connectivity index (χ0v) is 13.9. The quantitative estimate of drug-likeness (QED) is 0.832. The van der Waals surface area contributed by atoms with Crippen LogP contribution < -0.4 is 10.6 Å². The molecule has 0 unspecified atom stereocenters. The summed E-state index contributed by atoms with van der Waals surface area (Å²) in [7, 11) is 0. The van der Waals surface area contributed by atoms with Crippen LogP contribution in [0.4, 0.5) is 4.79 Å². The molecule has 1 heterocycles. The first-order valence-corrected chi connectivity index (χ1v) is 9.19. The lowest BCUT2D eigenvalue weighted by Crippen LogP contribution is -2.57. The van der Waals surface area contributed by atoms with Crippen molar-refractivity contribution in [1.82, 2.24) is 15.5 Å². The van der Waals surface area contributed by atoms with Crippen molar-refractivity contribution in [3.05, 3.63) is 0 Å². The van der Waals surface area contributed by atoms with Gasteiger partial charge in [-0.3, -0.25) is 4.79 Å². The lowest BCUT2D eigenvalue weighted by molar-refractivity contribution is -0.148. The molecule has 0 bridgehead atoms. The molecule has 0 aromatic rings. The highest BCUT2D eigenvalue weighted by molar-refractivity contribution is 5.84. The Morgan fingerprint density at radius 1 is 1.00 bits per heavy atom.